The Kier molecular flexibility index (Phi) is 1.74. The highest BCUT2D eigenvalue weighted by molar-refractivity contribution is 6.99. The van der Waals surface area contributed by atoms with E-state index in [4.69, 9.17) is 0 Å². The second-order valence-corrected chi connectivity index (χ2v) is 1.81. The molecule has 0 radical (unpaired) electrons. The first-order valence-electron chi connectivity index (χ1n) is 2.20. The summed E-state index contributed by atoms with van der Waals surface area (Å²) in [5, 5.41) is 0. The number of aldehydes is 1. The van der Waals surface area contributed by atoms with Crippen molar-refractivity contribution >= 4 is 18.0 Å². The van der Waals surface area contributed by atoms with Gasteiger partial charge < -0.3 is 4.74 Å². The zero-order valence-corrected chi connectivity index (χ0v) is 5.51. The fourth-order valence-corrected chi connectivity index (χ4v) is 0.893. The van der Waals surface area contributed by atoms with E-state index in [0.717, 1.165) is 11.7 Å². The number of hydrogen-bond acceptors (Lipinski definition) is 5. The van der Waals surface area contributed by atoms with Crippen LogP contribution in [0.3, 0.4) is 0 Å². The first-order valence-corrected chi connectivity index (χ1v) is 2.93. The number of carbonyl (C=O) groups excluding carboxylic acids is 1. The van der Waals surface area contributed by atoms with E-state index >= 15 is 0 Å². The highest BCUT2D eigenvalue weighted by atomic mass is 32.1. The van der Waals surface area contributed by atoms with Crippen LogP contribution in [-0.4, -0.2) is 22.1 Å². The Morgan fingerprint density at radius 3 is 2.89 bits per heavy atom. The minimum Gasteiger partial charge on any atom is -0.479 e. The van der Waals surface area contributed by atoms with E-state index in [1.165, 1.54) is 7.11 Å². The standard InChI is InChI=1S/C4H4N2O2S/c1-8-4-3(2-7)5-9-6-4/h2H,1H3. The molecule has 0 aliphatic heterocycles. The zero-order chi connectivity index (χ0) is 6.69. The molecule has 1 rings (SSSR count). The molecular formula is C4H4N2O2S. The largest absolute Gasteiger partial charge is 0.479 e. The van der Waals surface area contributed by atoms with Gasteiger partial charge >= 0.3 is 0 Å². The summed E-state index contributed by atoms with van der Waals surface area (Å²) in [6, 6.07) is 0. The van der Waals surface area contributed by atoms with Crippen molar-refractivity contribution in [3.8, 4) is 5.88 Å². The fraction of sp³-hybridized carbons (Fsp3) is 0.250. The Hall–Kier alpha value is -0.970. The van der Waals surface area contributed by atoms with E-state index in [9.17, 15) is 4.79 Å². The molecule has 0 unspecified atom stereocenters. The van der Waals surface area contributed by atoms with Crippen LogP contribution in [0.1, 0.15) is 10.5 Å². The minimum atomic E-state index is 0.266. The molecule has 1 heterocycles. The van der Waals surface area contributed by atoms with Crippen LogP contribution >= 0.6 is 11.7 Å². The van der Waals surface area contributed by atoms with E-state index in [0.29, 0.717) is 12.2 Å². The second kappa shape index (κ2) is 2.54. The van der Waals surface area contributed by atoms with Gasteiger partial charge in [0.2, 0.25) is 0 Å². The molecule has 0 aliphatic rings. The number of nitrogens with zero attached hydrogens (tertiary/aromatic N) is 2. The van der Waals surface area contributed by atoms with Crippen LogP contribution in [0.25, 0.3) is 0 Å². The number of methoxy groups -OCH3 is 1. The zero-order valence-electron chi connectivity index (χ0n) is 4.70. The predicted molar refractivity (Wildman–Crippen MR) is 31.8 cm³/mol. The Labute approximate surface area is 55.8 Å². The van der Waals surface area contributed by atoms with Crippen molar-refractivity contribution in [2.75, 3.05) is 7.11 Å². The van der Waals surface area contributed by atoms with Crippen molar-refractivity contribution in [2.45, 2.75) is 0 Å². The lowest BCUT2D eigenvalue weighted by Crippen LogP contribution is -1.87. The molecule has 0 N–H and O–H groups in total. The maximum atomic E-state index is 10.1. The smallest absolute Gasteiger partial charge is 0.256 e. The monoisotopic (exact) mass is 144 g/mol. The van der Waals surface area contributed by atoms with Crippen molar-refractivity contribution in [1.82, 2.24) is 8.75 Å². The van der Waals surface area contributed by atoms with E-state index in [1.54, 1.807) is 0 Å². The normalized spacial score (nSPS) is 9.00. The molecule has 1 aromatic heterocycles. The Morgan fingerprint density at radius 2 is 2.44 bits per heavy atom. The molecule has 0 aromatic carbocycles. The molecule has 0 saturated carbocycles. The van der Waals surface area contributed by atoms with Gasteiger partial charge in [0.05, 0.1) is 18.8 Å². The van der Waals surface area contributed by atoms with Crippen LogP contribution in [0.2, 0.25) is 0 Å². The third kappa shape index (κ3) is 1.05. The van der Waals surface area contributed by atoms with Gasteiger partial charge in [0.25, 0.3) is 5.88 Å². The van der Waals surface area contributed by atoms with E-state index < -0.39 is 0 Å². The van der Waals surface area contributed by atoms with Crippen molar-refractivity contribution in [3.63, 3.8) is 0 Å². The molecule has 9 heavy (non-hydrogen) atoms. The summed E-state index contributed by atoms with van der Waals surface area (Å²) in [7, 11) is 1.45. The average molecular weight is 144 g/mol. The molecule has 0 saturated heterocycles. The fourth-order valence-electron chi connectivity index (χ4n) is 0.401. The molecule has 0 fully saturated rings. The van der Waals surface area contributed by atoms with Crippen LogP contribution in [-0.2, 0) is 0 Å². The summed E-state index contributed by atoms with van der Waals surface area (Å²) >= 11 is 0.959. The molecule has 1 aromatic rings. The number of rotatable bonds is 2. The van der Waals surface area contributed by atoms with Crippen molar-refractivity contribution < 1.29 is 9.53 Å². The van der Waals surface area contributed by atoms with Crippen molar-refractivity contribution in [3.05, 3.63) is 5.69 Å². The van der Waals surface area contributed by atoms with Gasteiger partial charge in [-0.3, -0.25) is 4.79 Å². The summed E-state index contributed by atoms with van der Waals surface area (Å²) in [5.74, 6) is 0.301. The lowest BCUT2D eigenvalue weighted by atomic mass is 10.5. The van der Waals surface area contributed by atoms with Gasteiger partial charge in [-0.1, -0.05) is 0 Å². The molecule has 0 atom stereocenters. The average Bonchev–Trinajstić information content (AvgIpc) is 2.33. The van der Waals surface area contributed by atoms with Crippen molar-refractivity contribution in [2.24, 2.45) is 0 Å². The predicted octanol–water partition coefficient (Wildman–Crippen LogP) is 0.359. The summed E-state index contributed by atoms with van der Waals surface area (Å²) in [4.78, 5) is 10.1. The highest BCUT2D eigenvalue weighted by Crippen LogP contribution is 2.10. The van der Waals surface area contributed by atoms with Gasteiger partial charge in [-0.2, -0.15) is 4.37 Å². The van der Waals surface area contributed by atoms with Gasteiger partial charge in [-0.25, -0.2) is 0 Å². The van der Waals surface area contributed by atoms with Gasteiger partial charge in [-0.05, 0) is 0 Å². The van der Waals surface area contributed by atoms with Crippen LogP contribution in [0.5, 0.6) is 5.88 Å². The minimum absolute atomic E-state index is 0.266. The Morgan fingerprint density at radius 1 is 1.67 bits per heavy atom. The van der Waals surface area contributed by atoms with Crippen molar-refractivity contribution in [1.29, 1.82) is 0 Å². The van der Waals surface area contributed by atoms with Gasteiger partial charge in [-0.15, -0.1) is 4.37 Å². The number of hydrogen-bond donors (Lipinski definition) is 0. The van der Waals surface area contributed by atoms with Gasteiger partial charge in [0.1, 0.15) is 0 Å². The lowest BCUT2D eigenvalue weighted by Gasteiger charge is -1.87. The SMILES string of the molecule is COc1nsnc1C=O. The summed E-state index contributed by atoms with van der Waals surface area (Å²) in [6.07, 6.45) is 0.613. The molecule has 0 spiro atoms. The maximum absolute atomic E-state index is 10.1. The van der Waals surface area contributed by atoms with Crippen LogP contribution in [0.4, 0.5) is 0 Å². The molecule has 0 bridgehead atoms. The number of ether oxygens (including phenoxy) is 1. The lowest BCUT2D eigenvalue weighted by molar-refractivity contribution is 0.111. The maximum Gasteiger partial charge on any atom is 0.256 e. The van der Waals surface area contributed by atoms with Crippen LogP contribution < -0.4 is 4.74 Å². The molecule has 5 heteroatoms. The van der Waals surface area contributed by atoms with E-state index in [1.807, 2.05) is 0 Å². The quantitative estimate of drug-likeness (QED) is 0.562. The number of carbonyl (C=O) groups is 1. The van der Waals surface area contributed by atoms with E-state index in [2.05, 4.69) is 13.5 Å². The highest BCUT2D eigenvalue weighted by Gasteiger charge is 2.04. The Bertz CT molecular complexity index is 210. The summed E-state index contributed by atoms with van der Waals surface area (Å²) in [6.45, 7) is 0. The molecular weight excluding hydrogens is 140 g/mol. The third-order valence-electron chi connectivity index (χ3n) is 0.787. The molecule has 4 nitrogen and oxygen atoms in total. The van der Waals surface area contributed by atoms with Gasteiger partial charge in [0, 0.05) is 0 Å². The first-order chi connectivity index (χ1) is 4.38. The third-order valence-corrected chi connectivity index (χ3v) is 1.31. The Balaban J connectivity index is 2.98. The first kappa shape index (κ1) is 6.15. The topological polar surface area (TPSA) is 52.1 Å². The molecule has 0 aliphatic carbocycles. The van der Waals surface area contributed by atoms with Gasteiger partial charge in [0.15, 0.2) is 12.0 Å². The number of aromatic nitrogens is 2. The van der Waals surface area contributed by atoms with E-state index in [-0.39, 0.29) is 5.69 Å². The molecule has 48 valence electrons. The summed E-state index contributed by atoms with van der Waals surface area (Å²) < 4.78 is 12.0. The van der Waals surface area contributed by atoms with Crippen LogP contribution in [0, 0.1) is 0 Å². The second-order valence-electron chi connectivity index (χ2n) is 1.28. The molecule has 0 amide bonds. The summed E-state index contributed by atoms with van der Waals surface area (Å²) in [5.41, 5.74) is 0.266. The van der Waals surface area contributed by atoms with Crippen LogP contribution in [0.15, 0.2) is 0 Å².